The molecule has 0 unspecified atom stereocenters. The van der Waals surface area contributed by atoms with E-state index in [0.29, 0.717) is 17.8 Å². The van der Waals surface area contributed by atoms with E-state index >= 15 is 0 Å². The van der Waals surface area contributed by atoms with E-state index in [-0.39, 0.29) is 10.8 Å². The molecule has 1 amide bonds. The van der Waals surface area contributed by atoms with Crippen molar-refractivity contribution in [3.63, 3.8) is 0 Å². The Labute approximate surface area is 141 Å². The van der Waals surface area contributed by atoms with Gasteiger partial charge in [-0.15, -0.1) is 0 Å². The molecule has 0 spiro atoms. The van der Waals surface area contributed by atoms with Crippen molar-refractivity contribution in [2.24, 2.45) is 5.10 Å². The monoisotopic (exact) mass is 345 g/mol. The molecule has 0 aromatic heterocycles. The summed E-state index contributed by atoms with van der Waals surface area (Å²) in [6, 6.07) is 15.3. The van der Waals surface area contributed by atoms with E-state index in [2.05, 4.69) is 15.2 Å². The average Bonchev–Trinajstić information content (AvgIpc) is 2.56. The van der Waals surface area contributed by atoms with E-state index in [1.807, 2.05) is 37.3 Å². The molecular weight excluding hydrogens is 326 g/mol. The number of carbonyl (C=O) groups is 1. The predicted octanol–water partition coefficient (Wildman–Crippen LogP) is 2.74. The standard InChI is InChI=1S/C17H19N3O3S/c1-3-17(14-7-5-4-6-8-14)19-20-24(22,23)16-11-9-15(10-12-16)18-13(2)21/h4-12,20H,3H2,1-2H3,(H,18,21)/b19-17-. The SMILES string of the molecule is CC/C(=N/NS(=O)(=O)c1ccc(NC(C)=O)cc1)c1ccccc1. The summed E-state index contributed by atoms with van der Waals surface area (Å²) in [4.78, 5) is 13.3. The lowest BCUT2D eigenvalue weighted by atomic mass is 10.1. The van der Waals surface area contributed by atoms with Gasteiger partial charge in [-0.05, 0) is 36.2 Å². The third-order valence-electron chi connectivity index (χ3n) is 3.23. The summed E-state index contributed by atoms with van der Waals surface area (Å²) in [6.45, 7) is 3.29. The van der Waals surface area contributed by atoms with Crippen molar-refractivity contribution in [2.45, 2.75) is 25.2 Å². The van der Waals surface area contributed by atoms with Crippen LogP contribution in [0.25, 0.3) is 0 Å². The third-order valence-corrected chi connectivity index (χ3v) is 4.45. The molecule has 2 rings (SSSR count). The van der Waals surface area contributed by atoms with E-state index < -0.39 is 10.0 Å². The first-order chi connectivity index (χ1) is 11.4. The zero-order chi connectivity index (χ0) is 17.6. The molecule has 126 valence electrons. The van der Waals surface area contributed by atoms with Crippen LogP contribution in [-0.4, -0.2) is 20.0 Å². The summed E-state index contributed by atoms with van der Waals surface area (Å²) in [5.41, 5.74) is 2.04. The third kappa shape index (κ3) is 4.66. The second kappa shape index (κ2) is 7.74. The molecule has 0 aliphatic heterocycles. The Morgan fingerprint density at radius 1 is 1.04 bits per heavy atom. The first kappa shape index (κ1) is 17.7. The van der Waals surface area contributed by atoms with Gasteiger partial charge in [-0.25, -0.2) is 0 Å². The number of rotatable bonds is 6. The smallest absolute Gasteiger partial charge is 0.276 e. The van der Waals surface area contributed by atoms with Gasteiger partial charge in [0.2, 0.25) is 5.91 Å². The van der Waals surface area contributed by atoms with Crippen molar-refractivity contribution >= 4 is 27.3 Å². The van der Waals surface area contributed by atoms with Crippen LogP contribution in [0.5, 0.6) is 0 Å². The molecular formula is C17H19N3O3S. The van der Waals surface area contributed by atoms with Crippen LogP contribution in [0.4, 0.5) is 5.69 Å². The number of sulfonamides is 1. The molecule has 0 saturated carbocycles. The Kier molecular flexibility index (Phi) is 5.70. The van der Waals surface area contributed by atoms with Gasteiger partial charge in [0.1, 0.15) is 0 Å². The zero-order valence-electron chi connectivity index (χ0n) is 13.5. The van der Waals surface area contributed by atoms with Gasteiger partial charge in [0, 0.05) is 12.6 Å². The lowest BCUT2D eigenvalue weighted by Crippen LogP contribution is -2.20. The van der Waals surface area contributed by atoms with Crippen LogP contribution >= 0.6 is 0 Å². The summed E-state index contributed by atoms with van der Waals surface area (Å²) in [5, 5.41) is 6.62. The fourth-order valence-corrected chi connectivity index (χ4v) is 2.90. The molecule has 2 N–H and O–H groups in total. The number of anilines is 1. The first-order valence-electron chi connectivity index (χ1n) is 7.44. The number of nitrogens with one attached hydrogen (secondary N) is 2. The lowest BCUT2D eigenvalue weighted by Gasteiger charge is -2.08. The summed E-state index contributed by atoms with van der Waals surface area (Å²) in [6.07, 6.45) is 0.591. The number of hydrogen-bond acceptors (Lipinski definition) is 4. The highest BCUT2D eigenvalue weighted by atomic mass is 32.2. The van der Waals surface area contributed by atoms with Gasteiger partial charge in [0.15, 0.2) is 0 Å². The van der Waals surface area contributed by atoms with Crippen LogP contribution in [0, 0.1) is 0 Å². The Morgan fingerprint density at radius 3 is 2.21 bits per heavy atom. The minimum Gasteiger partial charge on any atom is -0.326 e. The fourth-order valence-electron chi connectivity index (χ4n) is 2.07. The van der Waals surface area contributed by atoms with Gasteiger partial charge in [0.25, 0.3) is 10.0 Å². The molecule has 0 heterocycles. The molecule has 0 fully saturated rings. The fraction of sp³-hybridized carbons (Fsp3) is 0.176. The van der Waals surface area contributed by atoms with Gasteiger partial charge >= 0.3 is 0 Å². The maximum atomic E-state index is 12.3. The molecule has 0 aliphatic rings. The Balaban J connectivity index is 2.18. The number of amides is 1. The minimum absolute atomic E-state index is 0.0730. The average molecular weight is 345 g/mol. The van der Waals surface area contributed by atoms with Gasteiger partial charge in [-0.3, -0.25) is 4.79 Å². The normalized spacial score (nSPS) is 11.8. The van der Waals surface area contributed by atoms with Crippen LogP contribution in [-0.2, 0) is 14.8 Å². The highest BCUT2D eigenvalue weighted by Crippen LogP contribution is 2.14. The number of hydrazone groups is 1. The Morgan fingerprint density at radius 2 is 1.67 bits per heavy atom. The molecule has 0 aliphatic carbocycles. The van der Waals surface area contributed by atoms with E-state index in [9.17, 15) is 13.2 Å². The van der Waals surface area contributed by atoms with Crippen LogP contribution in [0.2, 0.25) is 0 Å². The zero-order valence-corrected chi connectivity index (χ0v) is 14.3. The van der Waals surface area contributed by atoms with E-state index in [4.69, 9.17) is 0 Å². The maximum absolute atomic E-state index is 12.3. The van der Waals surface area contributed by atoms with Gasteiger partial charge < -0.3 is 5.32 Å². The molecule has 6 nitrogen and oxygen atoms in total. The first-order valence-corrected chi connectivity index (χ1v) is 8.92. The topological polar surface area (TPSA) is 87.6 Å². The highest BCUT2D eigenvalue weighted by Gasteiger charge is 2.13. The summed E-state index contributed by atoms with van der Waals surface area (Å²) in [5.74, 6) is -0.219. The number of benzene rings is 2. The Hall–Kier alpha value is -2.67. The molecule has 0 bridgehead atoms. The molecule has 2 aromatic rings. The molecule has 7 heteroatoms. The van der Waals surface area contributed by atoms with Crippen LogP contribution in [0.1, 0.15) is 25.8 Å². The largest absolute Gasteiger partial charge is 0.326 e. The molecule has 0 saturated heterocycles. The highest BCUT2D eigenvalue weighted by molar-refractivity contribution is 7.89. The van der Waals surface area contributed by atoms with Crippen molar-refractivity contribution in [1.82, 2.24) is 4.83 Å². The van der Waals surface area contributed by atoms with Crippen molar-refractivity contribution in [3.05, 3.63) is 60.2 Å². The van der Waals surface area contributed by atoms with Crippen molar-refractivity contribution in [1.29, 1.82) is 0 Å². The van der Waals surface area contributed by atoms with Crippen molar-refractivity contribution in [2.75, 3.05) is 5.32 Å². The summed E-state index contributed by atoms with van der Waals surface area (Å²) < 4.78 is 24.6. The number of carbonyl (C=O) groups excluding carboxylic acids is 1. The number of nitrogens with zero attached hydrogens (tertiary/aromatic N) is 1. The minimum atomic E-state index is -3.77. The van der Waals surface area contributed by atoms with E-state index in [0.717, 1.165) is 5.56 Å². The van der Waals surface area contributed by atoms with E-state index in [1.165, 1.54) is 31.2 Å². The number of hydrogen-bond donors (Lipinski definition) is 2. The Bertz CT molecular complexity index is 829. The molecule has 24 heavy (non-hydrogen) atoms. The van der Waals surface area contributed by atoms with Gasteiger partial charge in [0.05, 0.1) is 10.6 Å². The summed E-state index contributed by atoms with van der Waals surface area (Å²) >= 11 is 0. The second-order valence-corrected chi connectivity index (χ2v) is 6.74. The lowest BCUT2D eigenvalue weighted by molar-refractivity contribution is -0.114. The molecule has 0 radical (unpaired) electrons. The van der Waals surface area contributed by atoms with E-state index in [1.54, 1.807) is 0 Å². The van der Waals surface area contributed by atoms with Gasteiger partial charge in [-0.1, -0.05) is 37.3 Å². The predicted molar refractivity (Wildman–Crippen MR) is 94.3 cm³/mol. The van der Waals surface area contributed by atoms with Crippen LogP contribution in [0.3, 0.4) is 0 Å². The van der Waals surface area contributed by atoms with Crippen LogP contribution < -0.4 is 10.1 Å². The second-order valence-electron chi connectivity index (χ2n) is 5.08. The summed E-state index contributed by atoms with van der Waals surface area (Å²) in [7, 11) is -3.77. The van der Waals surface area contributed by atoms with Crippen molar-refractivity contribution in [3.8, 4) is 0 Å². The molecule has 2 aromatic carbocycles. The molecule has 0 atom stereocenters. The van der Waals surface area contributed by atoms with Gasteiger partial charge in [-0.2, -0.15) is 18.4 Å². The quantitative estimate of drug-likeness (QED) is 0.623. The van der Waals surface area contributed by atoms with Crippen molar-refractivity contribution < 1.29 is 13.2 Å². The van der Waals surface area contributed by atoms with Crippen LogP contribution in [0.15, 0.2) is 64.6 Å². The maximum Gasteiger partial charge on any atom is 0.276 e.